The molecule has 1 aromatic carbocycles. The van der Waals surface area contributed by atoms with Crippen LogP contribution in [0, 0.1) is 5.41 Å². The van der Waals surface area contributed by atoms with Crippen LogP contribution in [-0.2, 0) is 9.59 Å². The van der Waals surface area contributed by atoms with Crippen molar-refractivity contribution in [3.8, 4) is 0 Å². The van der Waals surface area contributed by atoms with E-state index >= 15 is 0 Å². The Labute approximate surface area is 129 Å². The molecule has 0 bridgehead atoms. The van der Waals surface area contributed by atoms with Crippen LogP contribution in [0.1, 0.15) is 36.0 Å². The third-order valence-corrected chi connectivity index (χ3v) is 4.06. The molecule has 0 aromatic heterocycles. The molecule has 1 aliphatic carbocycles. The molecule has 1 aliphatic rings. The molecule has 22 heavy (non-hydrogen) atoms. The van der Waals surface area contributed by atoms with E-state index in [9.17, 15) is 19.5 Å². The number of carbonyl (C=O) groups is 3. The molecule has 6 heteroatoms. The van der Waals surface area contributed by atoms with Crippen LogP contribution < -0.4 is 5.32 Å². The number of nitrogens with one attached hydrogen (secondary N) is 1. The predicted octanol–water partition coefficient (Wildman–Crippen LogP) is 1.97. The van der Waals surface area contributed by atoms with Crippen molar-refractivity contribution in [3.63, 3.8) is 0 Å². The van der Waals surface area contributed by atoms with Crippen molar-refractivity contribution in [1.29, 1.82) is 0 Å². The average Bonchev–Trinajstić information content (AvgIpc) is 2.41. The highest BCUT2D eigenvalue weighted by Crippen LogP contribution is 2.44. The molecule has 118 valence electrons. The Balaban J connectivity index is 2.04. The van der Waals surface area contributed by atoms with Crippen molar-refractivity contribution in [2.45, 2.75) is 25.7 Å². The van der Waals surface area contributed by atoms with Gasteiger partial charge >= 0.3 is 5.97 Å². The normalized spacial score (nSPS) is 15.5. The Kier molecular flexibility index (Phi) is 4.49. The Hall–Kier alpha value is -2.37. The first kappa shape index (κ1) is 16.0. The van der Waals surface area contributed by atoms with Crippen LogP contribution in [0.2, 0.25) is 0 Å². The summed E-state index contributed by atoms with van der Waals surface area (Å²) in [5.74, 6) is -1.40. The van der Waals surface area contributed by atoms with E-state index in [1.807, 2.05) is 0 Å². The summed E-state index contributed by atoms with van der Waals surface area (Å²) in [6.45, 7) is 0. The van der Waals surface area contributed by atoms with Crippen LogP contribution in [0.25, 0.3) is 0 Å². The number of carboxylic acids is 1. The predicted molar refractivity (Wildman–Crippen MR) is 81.6 cm³/mol. The smallest absolute Gasteiger partial charge is 0.310 e. The van der Waals surface area contributed by atoms with E-state index in [2.05, 4.69) is 5.32 Å². The molecule has 1 aromatic rings. The van der Waals surface area contributed by atoms with Crippen LogP contribution in [-0.4, -0.2) is 41.9 Å². The first-order valence-electron chi connectivity index (χ1n) is 7.19. The lowest BCUT2D eigenvalue weighted by molar-refractivity contribution is -0.157. The minimum atomic E-state index is -0.916. The summed E-state index contributed by atoms with van der Waals surface area (Å²) in [4.78, 5) is 36.7. The number of aliphatic carboxylic acids is 1. The molecule has 2 N–H and O–H groups in total. The molecule has 6 nitrogen and oxygen atoms in total. The molecule has 0 unspecified atom stereocenters. The molecule has 1 saturated carbocycles. The summed E-state index contributed by atoms with van der Waals surface area (Å²) < 4.78 is 0. The van der Waals surface area contributed by atoms with E-state index in [1.54, 1.807) is 38.4 Å². The summed E-state index contributed by atoms with van der Waals surface area (Å²) in [6.07, 6.45) is 1.88. The third kappa shape index (κ3) is 3.27. The fraction of sp³-hybridized carbons (Fsp3) is 0.438. The molecule has 0 saturated heterocycles. The molecule has 0 aliphatic heterocycles. The zero-order chi connectivity index (χ0) is 16.3. The molecule has 0 radical (unpaired) electrons. The number of nitrogens with zero attached hydrogens (tertiary/aromatic N) is 1. The van der Waals surface area contributed by atoms with E-state index in [0.29, 0.717) is 24.1 Å². The summed E-state index contributed by atoms with van der Waals surface area (Å²) in [5, 5.41) is 11.9. The van der Waals surface area contributed by atoms with Gasteiger partial charge in [-0.3, -0.25) is 14.4 Å². The SMILES string of the molecule is CN(C)C(=O)c1cccc(NC(=O)CC2(C(=O)O)CCC2)c1. The Morgan fingerprint density at radius 1 is 1.27 bits per heavy atom. The summed E-state index contributed by atoms with van der Waals surface area (Å²) >= 11 is 0. The Morgan fingerprint density at radius 3 is 2.45 bits per heavy atom. The van der Waals surface area contributed by atoms with Crippen molar-refractivity contribution >= 4 is 23.5 Å². The molecular formula is C16H20N2O4. The van der Waals surface area contributed by atoms with Gasteiger partial charge in [0.25, 0.3) is 5.91 Å². The van der Waals surface area contributed by atoms with Crippen LogP contribution in [0.5, 0.6) is 0 Å². The van der Waals surface area contributed by atoms with Gasteiger partial charge in [0.1, 0.15) is 0 Å². The number of rotatable bonds is 5. The second-order valence-electron chi connectivity index (χ2n) is 5.94. The summed E-state index contributed by atoms with van der Waals surface area (Å²) in [5.41, 5.74) is 0.0539. The standard InChI is InChI=1S/C16H20N2O4/c1-18(2)14(20)11-5-3-6-12(9-11)17-13(19)10-16(15(21)22)7-4-8-16/h3,5-6,9H,4,7-8,10H2,1-2H3,(H,17,19)(H,21,22). The number of amides is 2. The molecule has 0 atom stereocenters. The van der Waals surface area contributed by atoms with Crippen LogP contribution >= 0.6 is 0 Å². The van der Waals surface area contributed by atoms with E-state index < -0.39 is 11.4 Å². The van der Waals surface area contributed by atoms with E-state index in [0.717, 1.165) is 6.42 Å². The highest BCUT2D eigenvalue weighted by atomic mass is 16.4. The Bertz CT molecular complexity index is 606. The number of hydrogen-bond donors (Lipinski definition) is 2. The monoisotopic (exact) mass is 304 g/mol. The van der Waals surface area contributed by atoms with Gasteiger partial charge in [0.15, 0.2) is 0 Å². The van der Waals surface area contributed by atoms with Gasteiger partial charge in [-0.05, 0) is 31.0 Å². The van der Waals surface area contributed by atoms with Crippen molar-refractivity contribution < 1.29 is 19.5 Å². The maximum absolute atomic E-state index is 12.1. The van der Waals surface area contributed by atoms with E-state index in [1.165, 1.54) is 4.90 Å². The molecular weight excluding hydrogens is 284 g/mol. The second kappa shape index (κ2) is 6.17. The number of hydrogen-bond acceptors (Lipinski definition) is 3. The highest BCUT2D eigenvalue weighted by Gasteiger charge is 2.45. The van der Waals surface area contributed by atoms with Crippen molar-refractivity contribution in [2.75, 3.05) is 19.4 Å². The number of anilines is 1. The van der Waals surface area contributed by atoms with Crippen LogP contribution in [0.15, 0.2) is 24.3 Å². The zero-order valence-corrected chi connectivity index (χ0v) is 12.8. The fourth-order valence-corrected chi connectivity index (χ4v) is 2.57. The van der Waals surface area contributed by atoms with E-state index in [4.69, 9.17) is 0 Å². The minimum Gasteiger partial charge on any atom is -0.481 e. The number of carbonyl (C=O) groups excluding carboxylic acids is 2. The van der Waals surface area contributed by atoms with E-state index in [-0.39, 0.29) is 18.2 Å². The Morgan fingerprint density at radius 2 is 1.95 bits per heavy atom. The first-order chi connectivity index (χ1) is 10.3. The van der Waals surface area contributed by atoms with Gasteiger partial charge in [0.2, 0.25) is 5.91 Å². The van der Waals surface area contributed by atoms with Gasteiger partial charge in [0.05, 0.1) is 5.41 Å². The maximum atomic E-state index is 12.1. The molecule has 0 spiro atoms. The number of benzene rings is 1. The average molecular weight is 304 g/mol. The van der Waals surface area contributed by atoms with Crippen molar-refractivity contribution in [1.82, 2.24) is 4.90 Å². The topological polar surface area (TPSA) is 86.7 Å². The van der Waals surface area contributed by atoms with Gasteiger partial charge in [-0.15, -0.1) is 0 Å². The van der Waals surface area contributed by atoms with Gasteiger partial charge in [-0.2, -0.15) is 0 Å². The first-order valence-corrected chi connectivity index (χ1v) is 7.19. The fourth-order valence-electron chi connectivity index (χ4n) is 2.57. The minimum absolute atomic E-state index is 0.0335. The summed E-state index contributed by atoms with van der Waals surface area (Å²) in [6, 6.07) is 6.62. The third-order valence-electron chi connectivity index (χ3n) is 4.06. The maximum Gasteiger partial charge on any atom is 0.310 e. The van der Waals surface area contributed by atoms with Crippen LogP contribution in [0.3, 0.4) is 0 Å². The lowest BCUT2D eigenvalue weighted by Gasteiger charge is -2.36. The molecule has 2 rings (SSSR count). The summed E-state index contributed by atoms with van der Waals surface area (Å²) in [7, 11) is 3.31. The molecule has 1 fully saturated rings. The molecule has 0 heterocycles. The quantitative estimate of drug-likeness (QED) is 0.870. The van der Waals surface area contributed by atoms with Crippen molar-refractivity contribution in [3.05, 3.63) is 29.8 Å². The second-order valence-corrected chi connectivity index (χ2v) is 5.94. The zero-order valence-electron chi connectivity index (χ0n) is 12.8. The lowest BCUT2D eigenvalue weighted by atomic mass is 9.66. The van der Waals surface area contributed by atoms with Gasteiger partial charge in [0, 0.05) is 31.8 Å². The largest absolute Gasteiger partial charge is 0.481 e. The molecule has 2 amide bonds. The lowest BCUT2D eigenvalue weighted by Crippen LogP contribution is -2.41. The van der Waals surface area contributed by atoms with Gasteiger partial charge in [-0.1, -0.05) is 12.5 Å². The van der Waals surface area contributed by atoms with Crippen molar-refractivity contribution in [2.24, 2.45) is 5.41 Å². The van der Waals surface area contributed by atoms with Gasteiger partial charge < -0.3 is 15.3 Å². The number of carboxylic acid groups (broad SMARTS) is 1. The van der Waals surface area contributed by atoms with Gasteiger partial charge in [-0.25, -0.2) is 0 Å². The highest BCUT2D eigenvalue weighted by molar-refractivity contribution is 5.98. The van der Waals surface area contributed by atoms with Crippen LogP contribution in [0.4, 0.5) is 5.69 Å².